The van der Waals surface area contributed by atoms with Crippen LogP contribution in [-0.2, 0) is 0 Å². The molecule has 1 saturated carbocycles. The van der Waals surface area contributed by atoms with Crippen LogP contribution in [0.2, 0.25) is 0 Å². The number of hydrogen-bond acceptors (Lipinski definition) is 2. The number of nitrogens with two attached hydrogens (primary N) is 1. The highest BCUT2D eigenvalue weighted by molar-refractivity contribution is 7.99. The highest BCUT2D eigenvalue weighted by Gasteiger charge is 2.26. The standard InChI is InChI=1S/C12H22F3NS/c13-12(14,15)8-4-5-10(16)9-17-11-6-2-1-3-7-11/h10-11H,1-9,16H2. The van der Waals surface area contributed by atoms with Crippen LogP contribution in [0.15, 0.2) is 0 Å². The van der Waals surface area contributed by atoms with Crippen molar-refractivity contribution in [2.75, 3.05) is 5.75 Å². The lowest BCUT2D eigenvalue weighted by molar-refractivity contribution is -0.135. The summed E-state index contributed by atoms with van der Waals surface area (Å²) in [4.78, 5) is 0. The summed E-state index contributed by atoms with van der Waals surface area (Å²) < 4.78 is 35.8. The Kier molecular flexibility index (Phi) is 6.70. The number of alkyl halides is 3. The molecular formula is C12H22F3NS. The van der Waals surface area contributed by atoms with Crippen molar-refractivity contribution in [1.82, 2.24) is 0 Å². The molecule has 1 aliphatic rings. The average molecular weight is 269 g/mol. The van der Waals surface area contributed by atoms with E-state index in [1.165, 1.54) is 32.1 Å². The highest BCUT2D eigenvalue weighted by Crippen LogP contribution is 2.29. The van der Waals surface area contributed by atoms with Crippen LogP contribution < -0.4 is 5.73 Å². The lowest BCUT2D eigenvalue weighted by atomic mass is 10.0. The molecule has 1 nitrogen and oxygen atoms in total. The Bertz CT molecular complexity index is 202. The van der Waals surface area contributed by atoms with Gasteiger partial charge in [-0.15, -0.1) is 0 Å². The molecule has 1 unspecified atom stereocenters. The average Bonchev–Trinajstić information content (AvgIpc) is 2.26. The van der Waals surface area contributed by atoms with Crippen LogP contribution in [0.25, 0.3) is 0 Å². The van der Waals surface area contributed by atoms with Crippen LogP contribution in [0.3, 0.4) is 0 Å². The Morgan fingerprint density at radius 3 is 2.41 bits per heavy atom. The molecule has 0 saturated heterocycles. The van der Waals surface area contributed by atoms with Gasteiger partial charge in [0.2, 0.25) is 0 Å². The molecule has 0 spiro atoms. The molecule has 1 aliphatic carbocycles. The fraction of sp³-hybridized carbons (Fsp3) is 1.00. The molecule has 0 aliphatic heterocycles. The Morgan fingerprint density at radius 1 is 1.18 bits per heavy atom. The zero-order valence-electron chi connectivity index (χ0n) is 10.1. The van der Waals surface area contributed by atoms with Crippen LogP contribution >= 0.6 is 11.8 Å². The Hall–Kier alpha value is 0.100. The first kappa shape index (κ1) is 15.2. The molecule has 0 aromatic rings. The lowest BCUT2D eigenvalue weighted by Gasteiger charge is -2.22. The zero-order chi connectivity index (χ0) is 12.7. The van der Waals surface area contributed by atoms with Crippen molar-refractivity contribution in [2.24, 2.45) is 5.73 Å². The number of thioether (sulfide) groups is 1. The van der Waals surface area contributed by atoms with Crippen molar-refractivity contribution in [3.05, 3.63) is 0 Å². The van der Waals surface area contributed by atoms with Gasteiger partial charge in [-0.3, -0.25) is 0 Å². The van der Waals surface area contributed by atoms with Crippen molar-refractivity contribution in [2.45, 2.75) is 68.8 Å². The molecule has 0 radical (unpaired) electrons. The summed E-state index contributed by atoms with van der Waals surface area (Å²) in [5.74, 6) is 0.808. The van der Waals surface area contributed by atoms with E-state index in [2.05, 4.69) is 0 Å². The van der Waals surface area contributed by atoms with Crippen molar-refractivity contribution in [3.8, 4) is 0 Å². The molecule has 0 heterocycles. The molecule has 1 fully saturated rings. The third kappa shape index (κ3) is 7.92. The summed E-state index contributed by atoms with van der Waals surface area (Å²) in [6.45, 7) is 0. The first-order valence-corrected chi connectivity index (χ1v) is 7.46. The zero-order valence-corrected chi connectivity index (χ0v) is 11.0. The second kappa shape index (κ2) is 7.52. The summed E-state index contributed by atoms with van der Waals surface area (Å²) in [5, 5.41) is 0.692. The maximum Gasteiger partial charge on any atom is 0.389 e. The second-order valence-corrected chi connectivity index (χ2v) is 6.19. The van der Waals surface area contributed by atoms with Gasteiger partial charge in [0, 0.05) is 23.5 Å². The van der Waals surface area contributed by atoms with E-state index >= 15 is 0 Å². The number of halogens is 3. The van der Waals surface area contributed by atoms with Crippen LogP contribution in [0.5, 0.6) is 0 Å². The van der Waals surface area contributed by atoms with Crippen LogP contribution in [-0.4, -0.2) is 23.2 Å². The summed E-state index contributed by atoms with van der Waals surface area (Å²) in [7, 11) is 0. The largest absolute Gasteiger partial charge is 0.389 e. The lowest BCUT2D eigenvalue weighted by Crippen LogP contribution is -2.25. The van der Waals surface area contributed by atoms with Gasteiger partial charge in [0.05, 0.1) is 0 Å². The molecule has 102 valence electrons. The molecule has 5 heteroatoms. The Balaban J connectivity index is 2.02. The van der Waals surface area contributed by atoms with Gasteiger partial charge < -0.3 is 5.73 Å². The van der Waals surface area contributed by atoms with Crippen molar-refractivity contribution >= 4 is 11.8 Å². The second-order valence-electron chi connectivity index (χ2n) is 4.86. The van der Waals surface area contributed by atoms with Gasteiger partial charge in [-0.2, -0.15) is 24.9 Å². The van der Waals surface area contributed by atoms with E-state index in [4.69, 9.17) is 5.73 Å². The fourth-order valence-corrected chi connectivity index (χ4v) is 3.49. The van der Waals surface area contributed by atoms with Gasteiger partial charge >= 0.3 is 6.18 Å². The molecule has 2 N–H and O–H groups in total. The van der Waals surface area contributed by atoms with Gasteiger partial charge in [-0.05, 0) is 25.7 Å². The normalized spacial score (nSPS) is 20.5. The minimum absolute atomic E-state index is 0.0794. The van der Waals surface area contributed by atoms with Crippen LogP contribution in [0, 0.1) is 0 Å². The van der Waals surface area contributed by atoms with E-state index in [0.717, 1.165) is 5.75 Å². The molecule has 0 aromatic carbocycles. The Morgan fingerprint density at radius 2 is 1.82 bits per heavy atom. The number of rotatable bonds is 6. The highest BCUT2D eigenvalue weighted by atomic mass is 32.2. The quantitative estimate of drug-likeness (QED) is 0.785. The van der Waals surface area contributed by atoms with Gasteiger partial charge in [-0.1, -0.05) is 19.3 Å². The molecule has 1 rings (SSSR count). The molecule has 17 heavy (non-hydrogen) atoms. The van der Waals surface area contributed by atoms with E-state index in [1.54, 1.807) is 0 Å². The van der Waals surface area contributed by atoms with Gasteiger partial charge in [0.15, 0.2) is 0 Å². The van der Waals surface area contributed by atoms with Gasteiger partial charge in [-0.25, -0.2) is 0 Å². The van der Waals surface area contributed by atoms with E-state index in [1.807, 2.05) is 11.8 Å². The fourth-order valence-electron chi connectivity index (χ4n) is 2.14. The topological polar surface area (TPSA) is 26.0 Å². The van der Waals surface area contributed by atoms with Crippen molar-refractivity contribution in [1.29, 1.82) is 0 Å². The maximum absolute atomic E-state index is 11.9. The van der Waals surface area contributed by atoms with Crippen molar-refractivity contribution in [3.63, 3.8) is 0 Å². The summed E-state index contributed by atoms with van der Waals surface area (Å²) in [6.07, 6.45) is 2.33. The predicted molar refractivity (Wildman–Crippen MR) is 67.2 cm³/mol. The number of hydrogen-bond donors (Lipinski definition) is 1. The van der Waals surface area contributed by atoms with Crippen LogP contribution in [0.1, 0.15) is 51.4 Å². The predicted octanol–water partition coefficient (Wildman–Crippen LogP) is 4.11. The molecule has 0 amide bonds. The first-order valence-electron chi connectivity index (χ1n) is 6.41. The molecule has 0 aromatic heterocycles. The molecule has 1 atom stereocenters. The van der Waals surface area contributed by atoms with Crippen LogP contribution in [0.4, 0.5) is 13.2 Å². The van der Waals surface area contributed by atoms with Gasteiger partial charge in [0.1, 0.15) is 0 Å². The third-order valence-electron chi connectivity index (χ3n) is 3.13. The SMILES string of the molecule is NC(CCCC(F)(F)F)CSC1CCCCC1. The smallest absolute Gasteiger partial charge is 0.327 e. The maximum atomic E-state index is 11.9. The monoisotopic (exact) mass is 269 g/mol. The molecular weight excluding hydrogens is 247 g/mol. The first-order chi connectivity index (χ1) is 7.97. The minimum Gasteiger partial charge on any atom is -0.327 e. The minimum atomic E-state index is -4.03. The van der Waals surface area contributed by atoms with E-state index in [0.29, 0.717) is 11.7 Å². The third-order valence-corrected chi connectivity index (χ3v) is 4.70. The Labute approximate surface area is 106 Å². The van der Waals surface area contributed by atoms with E-state index in [9.17, 15) is 13.2 Å². The molecule has 0 bridgehead atoms. The van der Waals surface area contributed by atoms with E-state index in [-0.39, 0.29) is 12.5 Å². The summed E-state index contributed by atoms with van der Waals surface area (Å²) in [6, 6.07) is -0.0794. The van der Waals surface area contributed by atoms with Crippen molar-refractivity contribution < 1.29 is 13.2 Å². The van der Waals surface area contributed by atoms with E-state index < -0.39 is 12.6 Å². The summed E-state index contributed by atoms with van der Waals surface area (Å²) in [5.41, 5.74) is 5.83. The van der Waals surface area contributed by atoms with Gasteiger partial charge in [0.25, 0.3) is 0 Å². The summed E-state index contributed by atoms with van der Waals surface area (Å²) >= 11 is 1.86.